The van der Waals surface area contributed by atoms with Gasteiger partial charge in [0.2, 0.25) is 0 Å². The third-order valence-corrected chi connectivity index (χ3v) is 3.49. The maximum absolute atomic E-state index is 13.6. The highest BCUT2D eigenvalue weighted by molar-refractivity contribution is 5.87. The first-order valence-corrected chi connectivity index (χ1v) is 5.76. The van der Waals surface area contributed by atoms with Crippen LogP contribution in [-0.2, 0) is 14.9 Å². The molecular formula is C14H15FO3. The highest BCUT2D eigenvalue weighted by Gasteiger charge is 2.44. The van der Waals surface area contributed by atoms with Gasteiger partial charge in [0.25, 0.3) is 0 Å². The lowest BCUT2D eigenvalue weighted by molar-refractivity contribution is -0.145. The molecule has 0 saturated carbocycles. The molecule has 0 heterocycles. The first-order chi connectivity index (χ1) is 8.51. The van der Waals surface area contributed by atoms with Crippen LogP contribution in [0.1, 0.15) is 24.0 Å². The van der Waals surface area contributed by atoms with Crippen LogP contribution in [0, 0.1) is 12.7 Å². The number of esters is 1. The van der Waals surface area contributed by atoms with Crippen molar-refractivity contribution in [1.29, 1.82) is 0 Å². The number of hydrogen-bond donors (Lipinski definition) is 1. The van der Waals surface area contributed by atoms with E-state index in [4.69, 9.17) is 4.74 Å². The second-order valence-electron chi connectivity index (χ2n) is 4.51. The summed E-state index contributed by atoms with van der Waals surface area (Å²) < 4.78 is 18.4. The minimum absolute atomic E-state index is 0.143. The Kier molecular flexibility index (Phi) is 3.11. The van der Waals surface area contributed by atoms with Crippen molar-refractivity contribution < 1.29 is 19.0 Å². The van der Waals surface area contributed by atoms with Crippen LogP contribution >= 0.6 is 0 Å². The van der Waals surface area contributed by atoms with E-state index in [1.807, 2.05) is 0 Å². The zero-order chi connectivity index (χ0) is 13.3. The SMILES string of the molecule is COC(=O)[C@]1(c2cccc(F)c2C)C=C(O)CC1. The van der Waals surface area contributed by atoms with Gasteiger partial charge in [-0.1, -0.05) is 12.1 Å². The molecule has 4 heteroatoms. The third kappa shape index (κ3) is 1.78. The number of allylic oxidation sites excluding steroid dienone is 1. The largest absolute Gasteiger partial charge is 0.513 e. The Morgan fingerprint density at radius 2 is 2.22 bits per heavy atom. The van der Waals surface area contributed by atoms with E-state index in [2.05, 4.69) is 0 Å². The van der Waals surface area contributed by atoms with Gasteiger partial charge in [0.05, 0.1) is 12.9 Å². The summed E-state index contributed by atoms with van der Waals surface area (Å²) in [4.78, 5) is 12.0. The summed E-state index contributed by atoms with van der Waals surface area (Å²) in [6.45, 7) is 1.62. The summed E-state index contributed by atoms with van der Waals surface area (Å²) in [7, 11) is 1.29. The molecule has 0 radical (unpaired) electrons. The molecule has 18 heavy (non-hydrogen) atoms. The van der Waals surface area contributed by atoms with E-state index in [-0.39, 0.29) is 11.6 Å². The van der Waals surface area contributed by atoms with Crippen molar-refractivity contribution in [3.8, 4) is 0 Å². The number of aliphatic hydroxyl groups excluding tert-OH is 1. The average molecular weight is 250 g/mol. The molecule has 1 aliphatic carbocycles. The van der Waals surface area contributed by atoms with Crippen LogP contribution in [0.2, 0.25) is 0 Å². The Labute approximate surface area is 105 Å². The van der Waals surface area contributed by atoms with E-state index in [1.54, 1.807) is 19.1 Å². The van der Waals surface area contributed by atoms with Crippen molar-refractivity contribution in [1.82, 2.24) is 0 Å². The second kappa shape index (κ2) is 4.44. The van der Waals surface area contributed by atoms with Crippen molar-refractivity contribution in [2.75, 3.05) is 7.11 Å². The second-order valence-corrected chi connectivity index (χ2v) is 4.51. The first-order valence-electron chi connectivity index (χ1n) is 5.76. The summed E-state index contributed by atoms with van der Waals surface area (Å²) >= 11 is 0. The van der Waals surface area contributed by atoms with E-state index in [0.717, 1.165) is 0 Å². The van der Waals surface area contributed by atoms with Crippen molar-refractivity contribution in [2.45, 2.75) is 25.2 Å². The highest BCUT2D eigenvalue weighted by Crippen LogP contribution is 2.41. The third-order valence-electron chi connectivity index (χ3n) is 3.49. The highest BCUT2D eigenvalue weighted by atomic mass is 19.1. The van der Waals surface area contributed by atoms with Crippen LogP contribution in [0.15, 0.2) is 30.0 Å². The van der Waals surface area contributed by atoms with Gasteiger partial charge in [-0.3, -0.25) is 4.79 Å². The minimum Gasteiger partial charge on any atom is -0.513 e. The number of hydrogen-bond acceptors (Lipinski definition) is 3. The van der Waals surface area contributed by atoms with Crippen LogP contribution in [0.4, 0.5) is 4.39 Å². The zero-order valence-corrected chi connectivity index (χ0v) is 10.4. The van der Waals surface area contributed by atoms with Gasteiger partial charge in [-0.05, 0) is 36.6 Å². The number of halogens is 1. The molecule has 1 aromatic carbocycles. The molecule has 3 nitrogen and oxygen atoms in total. The van der Waals surface area contributed by atoms with Crippen LogP contribution in [0.5, 0.6) is 0 Å². The van der Waals surface area contributed by atoms with E-state index in [1.165, 1.54) is 19.3 Å². The molecule has 1 aliphatic rings. The number of ether oxygens (including phenoxy) is 1. The summed E-state index contributed by atoms with van der Waals surface area (Å²) in [5, 5.41) is 9.59. The molecule has 2 rings (SSSR count). The number of benzene rings is 1. The Morgan fingerprint density at radius 3 is 2.78 bits per heavy atom. The number of carbonyl (C=O) groups is 1. The molecule has 0 unspecified atom stereocenters. The Morgan fingerprint density at radius 1 is 1.50 bits per heavy atom. The molecule has 0 saturated heterocycles. The molecule has 1 aromatic rings. The summed E-state index contributed by atoms with van der Waals surface area (Å²) in [5.41, 5.74) is -0.0994. The van der Waals surface area contributed by atoms with Crippen molar-refractivity contribution in [3.05, 3.63) is 47.0 Å². The Balaban J connectivity index is 2.62. The fourth-order valence-electron chi connectivity index (χ4n) is 2.51. The molecule has 0 fully saturated rings. The van der Waals surface area contributed by atoms with E-state index in [0.29, 0.717) is 24.0 Å². The van der Waals surface area contributed by atoms with Gasteiger partial charge in [0.1, 0.15) is 11.2 Å². The Bertz CT molecular complexity index is 522. The van der Waals surface area contributed by atoms with Gasteiger partial charge < -0.3 is 9.84 Å². The summed E-state index contributed by atoms with van der Waals surface area (Å²) in [6, 6.07) is 4.61. The first kappa shape index (κ1) is 12.6. The molecule has 0 amide bonds. The molecule has 0 bridgehead atoms. The smallest absolute Gasteiger partial charge is 0.320 e. The quantitative estimate of drug-likeness (QED) is 0.821. The molecular weight excluding hydrogens is 235 g/mol. The fraction of sp³-hybridized carbons (Fsp3) is 0.357. The molecule has 0 aromatic heterocycles. The Hall–Kier alpha value is -1.84. The molecule has 1 atom stereocenters. The van der Waals surface area contributed by atoms with Crippen LogP contribution in [0.3, 0.4) is 0 Å². The average Bonchev–Trinajstić information content (AvgIpc) is 2.75. The van der Waals surface area contributed by atoms with Gasteiger partial charge in [-0.25, -0.2) is 4.39 Å². The minimum atomic E-state index is -1.06. The topological polar surface area (TPSA) is 46.5 Å². The van der Waals surface area contributed by atoms with Crippen LogP contribution in [-0.4, -0.2) is 18.2 Å². The molecule has 0 aliphatic heterocycles. The lowest BCUT2D eigenvalue weighted by atomic mass is 9.78. The monoisotopic (exact) mass is 250 g/mol. The van der Waals surface area contributed by atoms with Gasteiger partial charge in [0.15, 0.2) is 0 Å². The fourth-order valence-corrected chi connectivity index (χ4v) is 2.51. The van der Waals surface area contributed by atoms with Gasteiger partial charge in [-0.15, -0.1) is 0 Å². The number of rotatable bonds is 2. The molecule has 1 N–H and O–H groups in total. The lowest BCUT2D eigenvalue weighted by Crippen LogP contribution is -2.34. The van der Waals surface area contributed by atoms with Crippen LogP contribution < -0.4 is 0 Å². The van der Waals surface area contributed by atoms with Crippen LogP contribution in [0.25, 0.3) is 0 Å². The summed E-state index contributed by atoms with van der Waals surface area (Å²) in [6.07, 6.45) is 2.27. The van der Waals surface area contributed by atoms with E-state index < -0.39 is 11.4 Å². The van der Waals surface area contributed by atoms with Gasteiger partial charge in [0, 0.05) is 6.42 Å². The van der Waals surface area contributed by atoms with Crippen molar-refractivity contribution >= 4 is 5.97 Å². The number of aliphatic hydroxyl groups is 1. The van der Waals surface area contributed by atoms with Gasteiger partial charge in [-0.2, -0.15) is 0 Å². The normalized spacial score (nSPS) is 22.7. The van der Waals surface area contributed by atoms with E-state index in [9.17, 15) is 14.3 Å². The van der Waals surface area contributed by atoms with Crippen molar-refractivity contribution in [3.63, 3.8) is 0 Å². The maximum atomic E-state index is 13.6. The predicted molar refractivity (Wildman–Crippen MR) is 64.8 cm³/mol. The lowest BCUT2D eigenvalue weighted by Gasteiger charge is -2.26. The number of carbonyl (C=O) groups excluding carboxylic acids is 1. The standard InChI is InChI=1S/C14H15FO3/c1-9-11(4-3-5-12(9)15)14(13(17)18-2)7-6-10(16)8-14/h3-5,8,16H,6-7H2,1-2H3/t14-/m0/s1. The van der Waals surface area contributed by atoms with E-state index >= 15 is 0 Å². The maximum Gasteiger partial charge on any atom is 0.320 e. The zero-order valence-electron chi connectivity index (χ0n) is 10.4. The molecule has 96 valence electrons. The van der Waals surface area contributed by atoms with Crippen molar-refractivity contribution in [2.24, 2.45) is 0 Å². The summed E-state index contributed by atoms with van der Waals surface area (Å²) in [5.74, 6) is -0.695. The molecule has 0 spiro atoms. The van der Waals surface area contributed by atoms with Gasteiger partial charge >= 0.3 is 5.97 Å². The predicted octanol–water partition coefficient (Wildman–Crippen LogP) is 2.78. The number of methoxy groups -OCH3 is 1.